The molecule has 1 aromatic heterocycles. The van der Waals surface area contributed by atoms with Gasteiger partial charge in [0.1, 0.15) is 10.6 Å². The van der Waals surface area contributed by atoms with Crippen LogP contribution in [-0.2, 0) is 16.8 Å². The molecule has 1 unspecified atom stereocenters. The topological polar surface area (TPSA) is 42.4 Å². The van der Waals surface area contributed by atoms with Gasteiger partial charge >= 0.3 is 0 Å². The molecule has 0 radical (unpaired) electrons. The molecule has 21 heavy (non-hydrogen) atoms. The number of aromatic nitrogens is 1. The first-order chi connectivity index (χ1) is 9.96. The van der Waals surface area contributed by atoms with Crippen LogP contribution in [0.25, 0.3) is 0 Å². The van der Waals surface area contributed by atoms with E-state index >= 15 is 0 Å². The number of aryl methyl sites for hydroxylation is 1. The number of aliphatic hydroxyl groups is 1. The van der Waals surface area contributed by atoms with Gasteiger partial charge in [-0.1, -0.05) is 13.8 Å². The van der Waals surface area contributed by atoms with Gasteiger partial charge in [0.05, 0.1) is 11.8 Å². The van der Waals surface area contributed by atoms with E-state index in [1.54, 1.807) is 11.3 Å². The monoisotopic (exact) mass is 309 g/mol. The van der Waals surface area contributed by atoms with Gasteiger partial charge in [-0.15, -0.1) is 11.3 Å². The zero-order valence-electron chi connectivity index (χ0n) is 13.4. The van der Waals surface area contributed by atoms with Crippen molar-refractivity contribution in [3.8, 4) is 0 Å². The Bertz CT molecular complexity index is 499. The van der Waals surface area contributed by atoms with Crippen molar-refractivity contribution in [2.75, 3.05) is 6.61 Å². The summed E-state index contributed by atoms with van der Waals surface area (Å²) in [5.74, 6) is 0. The number of nitrogens with zero attached hydrogens (tertiary/aromatic N) is 1. The molecule has 0 aliphatic heterocycles. The van der Waals surface area contributed by atoms with E-state index in [2.05, 4.69) is 20.8 Å². The SMILES string of the molecule is CCOC1(c2nc3c(s2)CCCC3O)CCC(C)(C)CC1. The largest absolute Gasteiger partial charge is 0.387 e. The van der Waals surface area contributed by atoms with Gasteiger partial charge < -0.3 is 9.84 Å². The highest BCUT2D eigenvalue weighted by atomic mass is 32.1. The van der Waals surface area contributed by atoms with Gasteiger partial charge in [-0.3, -0.25) is 0 Å². The Labute approximate surface area is 131 Å². The molecule has 0 saturated heterocycles. The molecule has 3 rings (SSSR count). The molecule has 0 spiro atoms. The second-order valence-electron chi connectivity index (χ2n) is 7.33. The van der Waals surface area contributed by atoms with Crippen molar-refractivity contribution in [3.63, 3.8) is 0 Å². The van der Waals surface area contributed by atoms with Crippen molar-refractivity contribution in [3.05, 3.63) is 15.6 Å². The molecule has 0 bridgehead atoms. The molecule has 118 valence electrons. The minimum absolute atomic E-state index is 0.202. The molecule has 1 atom stereocenters. The molecule has 3 nitrogen and oxygen atoms in total. The maximum absolute atomic E-state index is 10.2. The summed E-state index contributed by atoms with van der Waals surface area (Å²) in [6.45, 7) is 7.50. The molecule has 1 fully saturated rings. The maximum atomic E-state index is 10.2. The molecule has 2 aliphatic rings. The average Bonchev–Trinajstić information content (AvgIpc) is 2.88. The van der Waals surface area contributed by atoms with E-state index in [4.69, 9.17) is 9.72 Å². The summed E-state index contributed by atoms with van der Waals surface area (Å²) in [7, 11) is 0. The minimum atomic E-state index is -0.363. The Morgan fingerprint density at radius 3 is 2.62 bits per heavy atom. The van der Waals surface area contributed by atoms with Gasteiger partial charge in [-0.2, -0.15) is 0 Å². The Hall–Kier alpha value is -0.450. The lowest BCUT2D eigenvalue weighted by Crippen LogP contribution is -2.37. The van der Waals surface area contributed by atoms with Crippen molar-refractivity contribution in [1.82, 2.24) is 4.98 Å². The van der Waals surface area contributed by atoms with Crippen molar-refractivity contribution >= 4 is 11.3 Å². The smallest absolute Gasteiger partial charge is 0.125 e. The fourth-order valence-electron chi connectivity index (χ4n) is 3.62. The van der Waals surface area contributed by atoms with E-state index < -0.39 is 0 Å². The summed E-state index contributed by atoms with van der Waals surface area (Å²) in [5.41, 5.74) is 1.15. The predicted octanol–water partition coefficient (Wildman–Crippen LogP) is 4.34. The van der Waals surface area contributed by atoms with Crippen LogP contribution in [0.15, 0.2) is 0 Å². The van der Waals surface area contributed by atoms with E-state index in [-0.39, 0.29) is 11.7 Å². The fourth-order valence-corrected chi connectivity index (χ4v) is 4.98. The van der Waals surface area contributed by atoms with E-state index in [0.29, 0.717) is 5.41 Å². The highest BCUT2D eigenvalue weighted by Gasteiger charge is 2.43. The molecule has 1 aromatic rings. The van der Waals surface area contributed by atoms with E-state index in [9.17, 15) is 5.11 Å². The molecular formula is C17H27NO2S. The number of hydrogen-bond acceptors (Lipinski definition) is 4. The molecule has 4 heteroatoms. The summed E-state index contributed by atoms with van der Waals surface area (Å²) < 4.78 is 6.23. The Kier molecular flexibility index (Phi) is 4.15. The second-order valence-corrected chi connectivity index (χ2v) is 8.41. The summed E-state index contributed by atoms with van der Waals surface area (Å²) in [4.78, 5) is 6.12. The Balaban J connectivity index is 1.91. The van der Waals surface area contributed by atoms with Crippen LogP contribution in [-0.4, -0.2) is 16.7 Å². The number of thiazole rings is 1. The zero-order valence-corrected chi connectivity index (χ0v) is 14.3. The van der Waals surface area contributed by atoms with Gasteiger partial charge in [0, 0.05) is 11.5 Å². The Morgan fingerprint density at radius 1 is 1.29 bits per heavy atom. The van der Waals surface area contributed by atoms with Crippen LogP contribution in [0.2, 0.25) is 0 Å². The highest BCUT2D eigenvalue weighted by Crippen LogP contribution is 2.49. The second kappa shape index (κ2) is 5.64. The van der Waals surface area contributed by atoms with E-state index in [1.807, 2.05) is 0 Å². The molecule has 0 amide bonds. The molecule has 2 aliphatic carbocycles. The third-order valence-corrected chi connectivity index (χ3v) is 6.46. The number of hydrogen-bond donors (Lipinski definition) is 1. The summed E-state index contributed by atoms with van der Waals surface area (Å²) >= 11 is 1.79. The lowest BCUT2D eigenvalue weighted by Gasteiger charge is -2.42. The van der Waals surface area contributed by atoms with Crippen LogP contribution < -0.4 is 0 Å². The predicted molar refractivity (Wildman–Crippen MR) is 85.6 cm³/mol. The molecule has 1 heterocycles. The maximum Gasteiger partial charge on any atom is 0.125 e. The van der Waals surface area contributed by atoms with Crippen LogP contribution in [0.3, 0.4) is 0 Å². The van der Waals surface area contributed by atoms with Gasteiger partial charge in [0.2, 0.25) is 0 Å². The fraction of sp³-hybridized carbons (Fsp3) is 0.824. The minimum Gasteiger partial charge on any atom is -0.387 e. The third kappa shape index (κ3) is 2.90. The first-order valence-electron chi connectivity index (χ1n) is 8.28. The van der Waals surface area contributed by atoms with Crippen molar-refractivity contribution < 1.29 is 9.84 Å². The van der Waals surface area contributed by atoms with E-state index in [1.165, 1.54) is 17.7 Å². The van der Waals surface area contributed by atoms with Crippen molar-refractivity contribution in [2.45, 2.75) is 77.4 Å². The van der Waals surface area contributed by atoms with Gasteiger partial charge in [-0.25, -0.2) is 4.98 Å². The van der Waals surface area contributed by atoms with Crippen LogP contribution in [0, 0.1) is 5.41 Å². The van der Waals surface area contributed by atoms with Crippen molar-refractivity contribution in [2.24, 2.45) is 5.41 Å². The number of fused-ring (bicyclic) bond motifs is 1. The van der Waals surface area contributed by atoms with Crippen LogP contribution in [0.1, 0.15) is 81.0 Å². The first kappa shape index (κ1) is 15.4. The van der Waals surface area contributed by atoms with Gasteiger partial charge in [-0.05, 0) is 57.3 Å². The van der Waals surface area contributed by atoms with Crippen LogP contribution in [0.5, 0.6) is 0 Å². The number of aliphatic hydroxyl groups excluding tert-OH is 1. The van der Waals surface area contributed by atoms with Crippen molar-refractivity contribution in [1.29, 1.82) is 0 Å². The number of ether oxygens (including phenoxy) is 1. The van der Waals surface area contributed by atoms with Gasteiger partial charge in [0.25, 0.3) is 0 Å². The number of rotatable bonds is 3. The summed E-state index contributed by atoms with van der Waals surface area (Å²) in [6.07, 6.45) is 7.09. The molecule has 0 aromatic carbocycles. The average molecular weight is 309 g/mol. The third-order valence-electron chi connectivity index (χ3n) is 5.15. The first-order valence-corrected chi connectivity index (χ1v) is 9.09. The lowest BCUT2D eigenvalue weighted by atomic mass is 9.71. The normalized spacial score (nSPS) is 27.3. The lowest BCUT2D eigenvalue weighted by molar-refractivity contribution is -0.0892. The van der Waals surface area contributed by atoms with Gasteiger partial charge in [0.15, 0.2) is 0 Å². The van der Waals surface area contributed by atoms with Crippen LogP contribution >= 0.6 is 11.3 Å². The van der Waals surface area contributed by atoms with E-state index in [0.717, 1.165) is 49.4 Å². The Morgan fingerprint density at radius 2 is 2.00 bits per heavy atom. The van der Waals surface area contributed by atoms with Crippen LogP contribution in [0.4, 0.5) is 0 Å². The molecule has 1 N–H and O–H groups in total. The highest BCUT2D eigenvalue weighted by molar-refractivity contribution is 7.11. The summed E-state index contributed by atoms with van der Waals surface area (Å²) in [5, 5.41) is 11.3. The molecule has 1 saturated carbocycles. The quantitative estimate of drug-likeness (QED) is 0.903. The standard InChI is InChI=1S/C17H27NO2S/c1-4-20-17(10-8-16(2,3)9-11-17)15-18-14-12(19)6-5-7-13(14)21-15/h12,19H,4-11H2,1-3H3. The molecular weight excluding hydrogens is 282 g/mol. The summed E-state index contributed by atoms with van der Waals surface area (Å²) in [6, 6.07) is 0. The zero-order chi connectivity index (χ0) is 15.1.